The molecule has 1 aliphatic heterocycles. The number of urea groups is 1. The third-order valence-corrected chi connectivity index (χ3v) is 4.86. The molecule has 0 aromatic heterocycles. The van der Waals surface area contributed by atoms with Gasteiger partial charge in [-0.05, 0) is 59.7 Å². The van der Waals surface area contributed by atoms with Crippen LogP contribution >= 0.6 is 0 Å². The molecular formula is C24H20FN3O4. The van der Waals surface area contributed by atoms with Gasteiger partial charge in [-0.1, -0.05) is 24.3 Å². The molecule has 1 aliphatic rings. The number of amides is 4. The monoisotopic (exact) mass is 433 g/mol. The Hall–Kier alpha value is -4.20. The summed E-state index contributed by atoms with van der Waals surface area (Å²) in [5.74, 6) is 0.218. The first kappa shape index (κ1) is 21.0. The van der Waals surface area contributed by atoms with Gasteiger partial charge in [-0.25, -0.2) is 9.18 Å². The number of nitrogens with zero attached hydrogens (tertiary/aromatic N) is 1. The first-order valence-electron chi connectivity index (χ1n) is 9.94. The Morgan fingerprint density at radius 1 is 0.969 bits per heavy atom. The first-order valence-corrected chi connectivity index (χ1v) is 9.94. The van der Waals surface area contributed by atoms with Gasteiger partial charge >= 0.3 is 6.03 Å². The zero-order chi connectivity index (χ0) is 22.5. The number of carbonyl (C=O) groups excluding carboxylic acids is 3. The smallest absolute Gasteiger partial charge is 0.324 e. The predicted molar refractivity (Wildman–Crippen MR) is 114 cm³/mol. The fraction of sp³-hybridized carbons (Fsp3) is 0.125. The van der Waals surface area contributed by atoms with Gasteiger partial charge < -0.3 is 15.0 Å². The fourth-order valence-corrected chi connectivity index (χ4v) is 3.24. The van der Waals surface area contributed by atoms with Crippen molar-refractivity contribution < 1.29 is 23.5 Å². The second-order valence-electron chi connectivity index (χ2n) is 7.29. The van der Waals surface area contributed by atoms with Crippen LogP contribution in [0.5, 0.6) is 11.5 Å². The van der Waals surface area contributed by atoms with E-state index < -0.39 is 6.03 Å². The Balaban J connectivity index is 1.32. The van der Waals surface area contributed by atoms with Crippen LogP contribution in [0.3, 0.4) is 0 Å². The summed E-state index contributed by atoms with van der Waals surface area (Å²) in [7, 11) is 0. The number of nitrogens with one attached hydrogen (secondary N) is 2. The minimum absolute atomic E-state index is 0.0100. The highest BCUT2D eigenvalue weighted by Crippen LogP contribution is 2.22. The van der Waals surface area contributed by atoms with Crippen LogP contribution in [0, 0.1) is 5.82 Å². The summed E-state index contributed by atoms with van der Waals surface area (Å²) >= 11 is 0. The predicted octanol–water partition coefficient (Wildman–Crippen LogP) is 3.60. The molecule has 3 aromatic rings. The summed E-state index contributed by atoms with van der Waals surface area (Å²) in [5, 5.41) is 5.09. The number of halogens is 1. The molecule has 0 aliphatic carbocycles. The molecule has 32 heavy (non-hydrogen) atoms. The SMILES string of the molecule is O=C1CN(Cc2cccc(C(=O)NCc3ccc(Oc4ccc(F)cc4)cc3)c2)C(=O)N1. The molecule has 0 radical (unpaired) electrons. The van der Waals surface area contributed by atoms with Crippen LogP contribution in [0.2, 0.25) is 0 Å². The van der Waals surface area contributed by atoms with E-state index in [-0.39, 0.29) is 30.7 Å². The minimum atomic E-state index is -0.434. The van der Waals surface area contributed by atoms with Crippen LogP contribution in [-0.4, -0.2) is 29.3 Å². The van der Waals surface area contributed by atoms with Crippen LogP contribution in [0.15, 0.2) is 72.8 Å². The number of benzene rings is 3. The summed E-state index contributed by atoms with van der Waals surface area (Å²) in [4.78, 5) is 36.9. The Morgan fingerprint density at radius 2 is 1.66 bits per heavy atom. The van der Waals surface area contributed by atoms with E-state index in [4.69, 9.17) is 4.74 Å². The van der Waals surface area contributed by atoms with E-state index in [2.05, 4.69) is 10.6 Å². The van der Waals surface area contributed by atoms with Gasteiger partial charge in [0.05, 0.1) is 0 Å². The average Bonchev–Trinajstić information content (AvgIpc) is 3.11. The van der Waals surface area contributed by atoms with Crippen molar-refractivity contribution >= 4 is 17.8 Å². The number of hydrogen-bond donors (Lipinski definition) is 2. The van der Waals surface area contributed by atoms with E-state index in [1.807, 2.05) is 12.1 Å². The van der Waals surface area contributed by atoms with Gasteiger partial charge in [-0.15, -0.1) is 0 Å². The first-order chi connectivity index (χ1) is 15.5. The Kier molecular flexibility index (Phi) is 6.12. The molecular weight excluding hydrogens is 413 g/mol. The molecule has 0 unspecified atom stereocenters. The van der Waals surface area contributed by atoms with E-state index >= 15 is 0 Å². The molecule has 0 saturated carbocycles. The maximum atomic E-state index is 13.0. The lowest BCUT2D eigenvalue weighted by atomic mass is 10.1. The molecule has 162 valence electrons. The van der Waals surface area contributed by atoms with Crippen molar-refractivity contribution in [3.05, 3.63) is 95.3 Å². The zero-order valence-electron chi connectivity index (χ0n) is 17.0. The van der Waals surface area contributed by atoms with Gasteiger partial charge in [0.25, 0.3) is 5.91 Å². The van der Waals surface area contributed by atoms with Gasteiger partial charge in [0.15, 0.2) is 0 Å². The lowest BCUT2D eigenvalue weighted by Crippen LogP contribution is -2.28. The van der Waals surface area contributed by atoms with Crippen molar-refractivity contribution in [2.75, 3.05) is 6.54 Å². The van der Waals surface area contributed by atoms with Crippen molar-refractivity contribution in [1.29, 1.82) is 0 Å². The highest BCUT2D eigenvalue weighted by Gasteiger charge is 2.26. The van der Waals surface area contributed by atoms with Crippen LogP contribution in [0.4, 0.5) is 9.18 Å². The van der Waals surface area contributed by atoms with Gasteiger partial charge in [0, 0.05) is 18.7 Å². The Bertz CT molecular complexity index is 1150. The molecule has 0 atom stereocenters. The fourth-order valence-electron chi connectivity index (χ4n) is 3.24. The standard InChI is InChI=1S/C24H20FN3O4/c25-19-6-10-21(11-7-19)32-20-8-4-16(5-9-20)13-26-23(30)18-3-1-2-17(12-18)14-28-15-22(29)27-24(28)31/h1-12H,13-15H2,(H,26,30)(H,27,29,31). The molecule has 0 bridgehead atoms. The van der Waals surface area contributed by atoms with E-state index in [1.54, 1.807) is 48.5 Å². The second kappa shape index (κ2) is 9.30. The molecule has 8 heteroatoms. The van der Waals surface area contributed by atoms with Gasteiger partial charge in [0.2, 0.25) is 5.91 Å². The van der Waals surface area contributed by atoms with Crippen LogP contribution in [-0.2, 0) is 17.9 Å². The quantitative estimate of drug-likeness (QED) is 0.558. The molecule has 1 saturated heterocycles. The summed E-state index contributed by atoms with van der Waals surface area (Å²) in [6.45, 7) is 0.577. The normalized spacial score (nSPS) is 13.1. The molecule has 4 rings (SSSR count). The number of rotatable bonds is 7. The summed E-state index contributed by atoms with van der Waals surface area (Å²) in [6, 6.07) is 19.4. The molecule has 0 spiro atoms. The van der Waals surface area contributed by atoms with Crippen LogP contribution < -0.4 is 15.4 Å². The summed E-state index contributed by atoms with van der Waals surface area (Å²) < 4.78 is 18.6. The second-order valence-corrected chi connectivity index (χ2v) is 7.29. The van der Waals surface area contributed by atoms with Crippen molar-refractivity contribution in [3.8, 4) is 11.5 Å². The third kappa shape index (κ3) is 5.28. The maximum Gasteiger partial charge on any atom is 0.324 e. The zero-order valence-corrected chi connectivity index (χ0v) is 17.0. The molecule has 2 N–H and O–H groups in total. The minimum Gasteiger partial charge on any atom is -0.457 e. The van der Waals surface area contributed by atoms with Crippen molar-refractivity contribution in [2.24, 2.45) is 0 Å². The molecule has 7 nitrogen and oxygen atoms in total. The highest BCUT2D eigenvalue weighted by molar-refractivity contribution is 6.01. The molecule has 3 aromatic carbocycles. The van der Waals surface area contributed by atoms with E-state index in [0.29, 0.717) is 23.6 Å². The molecule has 1 fully saturated rings. The van der Waals surface area contributed by atoms with Crippen LogP contribution in [0.25, 0.3) is 0 Å². The number of ether oxygens (including phenoxy) is 1. The van der Waals surface area contributed by atoms with Crippen molar-refractivity contribution in [1.82, 2.24) is 15.5 Å². The average molecular weight is 433 g/mol. The third-order valence-electron chi connectivity index (χ3n) is 4.86. The Labute approximate surface area is 183 Å². The van der Waals surface area contributed by atoms with E-state index in [0.717, 1.165) is 11.1 Å². The highest BCUT2D eigenvalue weighted by atomic mass is 19.1. The van der Waals surface area contributed by atoms with Crippen LogP contribution in [0.1, 0.15) is 21.5 Å². The molecule has 4 amide bonds. The summed E-state index contributed by atoms with van der Waals surface area (Å²) in [5.41, 5.74) is 2.10. The van der Waals surface area contributed by atoms with Gasteiger partial charge in [-0.3, -0.25) is 14.9 Å². The largest absolute Gasteiger partial charge is 0.457 e. The summed E-state index contributed by atoms with van der Waals surface area (Å²) in [6.07, 6.45) is 0. The van der Waals surface area contributed by atoms with Gasteiger partial charge in [-0.2, -0.15) is 0 Å². The van der Waals surface area contributed by atoms with E-state index in [9.17, 15) is 18.8 Å². The lowest BCUT2D eigenvalue weighted by Gasteiger charge is -2.14. The number of imide groups is 1. The van der Waals surface area contributed by atoms with E-state index in [1.165, 1.54) is 17.0 Å². The Morgan fingerprint density at radius 3 is 2.31 bits per heavy atom. The van der Waals surface area contributed by atoms with Crippen molar-refractivity contribution in [2.45, 2.75) is 13.1 Å². The number of carbonyl (C=O) groups is 3. The lowest BCUT2D eigenvalue weighted by molar-refractivity contribution is -0.118. The maximum absolute atomic E-state index is 13.0. The van der Waals surface area contributed by atoms with Crippen molar-refractivity contribution in [3.63, 3.8) is 0 Å². The topological polar surface area (TPSA) is 87.7 Å². The van der Waals surface area contributed by atoms with Gasteiger partial charge in [0.1, 0.15) is 23.9 Å². The molecule has 1 heterocycles. The number of hydrogen-bond acceptors (Lipinski definition) is 4.